The lowest BCUT2D eigenvalue weighted by atomic mass is 9.73. The SMILES string of the molecule is Cc1nc2ccccc2n1CCNC(=O)C1(c2ccc(Cl)cc2Cl)CCOCC1. The number of hydrogen-bond acceptors (Lipinski definition) is 3. The molecule has 1 N–H and O–H groups in total. The summed E-state index contributed by atoms with van der Waals surface area (Å²) in [5.41, 5.74) is 2.14. The van der Waals surface area contributed by atoms with E-state index in [-0.39, 0.29) is 5.91 Å². The van der Waals surface area contributed by atoms with E-state index in [1.165, 1.54) is 0 Å². The first-order valence-electron chi connectivity index (χ1n) is 9.75. The number of rotatable bonds is 5. The summed E-state index contributed by atoms with van der Waals surface area (Å²) in [5.74, 6) is 0.911. The van der Waals surface area contributed by atoms with Crippen LogP contribution >= 0.6 is 23.2 Å². The molecule has 5 nitrogen and oxygen atoms in total. The third kappa shape index (κ3) is 3.87. The van der Waals surface area contributed by atoms with E-state index in [1.807, 2.05) is 37.3 Å². The van der Waals surface area contributed by atoms with Gasteiger partial charge in [-0.2, -0.15) is 0 Å². The Morgan fingerprint density at radius 3 is 2.72 bits per heavy atom. The van der Waals surface area contributed by atoms with Gasteiger partial charge in [0.25, 0.3) is 0 Å². The van der Waals surface area contributed by atoms with Gasteiger partial charge in [0.2, 0.25) is 5.91 Å². The Kier molecular flexibility index (Phi) is 5.81. The highest BCUT2D eigenvalue weighted by atomic mass is 35.5. The van der Waals surface area contributed by atoms with Crippen LogP contribution in [0, 0.1) is 6.92 Å². The molecule has 0 aliphatic carbocycles. The first-order chi connectivity index (χ1) is 14.0. The third-order valence-corrected chi connectivity index (χ3v) is 6.24. The van der Waals surface area contributed by atoms with Crippen molar-refractivity contribution in [2.24, 2.45) is 0 Å². The second kappa shape index (κ2) is 8.34. The molecular weight excluding hydrogens is 409 g/mol. The number of benzene rings is 2. The van der Waals surface area contributed by atoms with Crippen molar-refractivity contribution in [3.05, 3.63) is 63.9 Å². The smallest absolute Gasteiger partial charge is 0.230 e. The van der Waals surface area contributed by atoms with Gasteiger partial charge in [0.05, 0.1) is 16.4 Å². The fraction of sp³-hybridized carbons (Fsp3) is 0.364. The first-order valence-corrected chi connectivity index (χ1v) is 10.5. The Morgan fingerprint density at radius 2 is 1.97 bits per heavy atom. The second-order valence-electron chi connectivity index (χ2n) is 7.37. The zero-order valence-electron chi connectivity index (χ0n) is 16.3. The van der Waals surface area contributed by atoms with Gasteiger partial charge in [-0.15, -0.1) is 0 Å². The Bertz CT molecular complexity index is 1040. The number of imidazole rings is 1. The topological polar surface area (TPSA) is 56.2 Å². The van der Waals surface area contributed by atoms with Gasteiger partial charge in [0, 0.05) is 36.3 Å². The van der Waals surface area contributed by atoms with Crippen molar-refractivity contribution >= 4 is 40.1 Å². The zero-order valence-corrected chi connectivity index (χ0v) is 17.8. The predicted octanol–water partition coefficient (Wildman–Crippen LogP) is 4.52. The lowest BCUT2D eigenvalue weighted by Gasteiger charge is -2.37. The van der Waals surface area contributed by atoms with Gasteiger partial charge < -0.3 is 14.6 Å². The van der Waals surface area contributed by atoms with Crippen LogP contribution in [0.2, 0.25) is 10.0 Å². The largest absolute Gasteiger partial charge is 0.381 e. The van der Waals surface area contributed by atoms with Crippen LogP contribution in [0.5, 0.6) is 0 Å². The Balaban J connectivity index is 1.54. The van der Waals surface area contributed by atoms with Crippen LogP contribution < -0.4 is 5.32 Å². The molecule has 4 rings (SSSR count). The standard InChI is InChI=1S/C22H23Cl2N3O2/c1-15-26-19-4-2-3-5-20(19)27(15)11-10-25-21(28)22(8-12-29-13-9-22)17-7-6-16(23)14-18(17)24/h2-7,14H,8-13H2,1H3,(H,25,28). The van der Waals surface area contributed by atoms with Crippen LogP contribution in [0.4, 0.5) is 0 Å². The molecule has 0 unspecified atom stereocenters. The molecule has 3 aromatic rings. The van der Waals surface area contributed by atoms with Crippen molar-refractivity contribution in [3.63, 3.8) is 0 Å². The third-order valence-electron chi connectivity index (χ3n) is 5.69. The molecule has 2 aromatic carbocycles. The van der Waals surface area contributed by atoms with E-state index >= 15 is 0 Å². The average Bonchev–Trinajstić information content (AvgIpc) is 3.03. The fourth-order valence-electron chi connectivity index (χ4n) is 4.14. The molecule has 1 amide bonds. The Morgan fingerprint density at radius 1 is 1.21 bits per heavy atom. The van der Waals surface area contributed by atoms with Crippen LogP contribution in [0.15, 0.2) is 42.5 Å². The number of amides is 1. The van der Waals surface area contributed by atoms with Crippen LogP contribution in [0.3, 0.4) is 0 Å². The number of carbonyl (C=O) groups is 1. The Labute approximate surface area is 180 Å². The van der Waals surface area contributed by atoms with Crippen LogP contribution in [0.25, 0.3) is 11.0 Å². The van der Waals surface area contributed by atoms with E-state index in [9.17, 15) is 4.79 Å². The van der Waals surface area contributed by atoms with Gasteiger partial charge in [-0.3, -0.25) is 4.79 Å². The van der Waals surface area contributed by atoms with Gasteiger partial charge in [-0.05, 0) is 49.6 Å². The van der Waals surface area contributed by atoms with E-state index in [0.29, 0.717) is 49.2 Å². The molecule has 0 spiro atoms. The van der Waals surface area contributed by atoms with Crippen molar-refractivity contribution in [2.45, 2.75) is 31.7 Å². The molecule has 0 atom stereocenters. The summed E-state index contributed by atoms with van der Waals surface area (Å²) in [5, 5.41) is 4.21. The van der Waals surface area contributed by atoms with Crippen LogP contribution in [-0.4, -0.2) is 35.2 Å². The maximum Gasteiger partial charge on any atom is 0.230 e. The summed E-state index contributed by atoms with van der Waals surface area (Å²) in [6.07, 6.45) is 1.18. The van der Waals surface area contributed by atoms with Gasteiger partial charge in [0.15, 0.2) is 0 Å². The Hall–Kier alpha value is -2.08. The predicted molar refractivity (Wildman–Crippen MR) is 116 cm³/mol. The summed E-state index contributed by atoms with van der Waals surface area (Å²) in [7, 11) is 0. The molecule has 152 valence electrons. The van der Waals surface area contributed by atoms with Gasteiger partial charge >= 0.3 is 0 Å². The number of aromatic nitrogens is 2. The molecule has 1 aliphatic rings. The molecule has 1 aliphatic heterocycles. The average molecular weight is 432 g/mol. The quantitative estimate of drug-likeness (QED) is 0.645. The van der Waals surface area contributed by atoms with Crippen LogP contribution in [0.1, 0.15) is 24.2 Å². The van der Waals surface area contributed by atoms with E-state index < -0.39 is 5.41 Å². The van der Waals surface area contributed by atoms with Crippen molar-refractivity contribution in [2.75, 3.05) is 19.8 Å². The van der Waals surface area contributed by atoms with Crippen molar-refractivity contribution in [1.29, 1.82) is 0 Å². The molecule has 1 saturated heterocycles. The van der Waals surface area contributed by atoms with E-state index in [4.69, 9.17) is 27.9 Å². The summed E-state index contributed by atoms with van der Waals surface area (Å²) in [4.78, 5) is 17.9. The highest BCUT2D eigenvalue weighted by molar-refractivity contribution is 6.35. The minimum Gasteiger partial charge on any atom is -0.381 e. The number of aryl methyl sites for hydroxylation is 1. The summed E-state index contributed by atoms with van der Waals surface area (Å²) < 4.78 is 7.65. The maximum absolute atomic E-state index is 13.4. The molecular formula is C22H23Cl2N3O2. The molecule has 2 heterocycles. The molecule has 0 saturated carbocycles. The van der Waals surface area contributed by atoms with Gasteiger partial charge in [0.1, 0.15) is 5.82 Å². The summed E-state index contributed by atoms with van der Waals surface area (Å²) in [6.45, 7) is 4.19. The monoisotopic (exact) mass is 431 g/mol. The minimum absolute atomic E-state index is 0.0212. The highest BCUT2D eigenvalue weighted by Crippen LogP contribution is 2.39. The molecule has 7 heteroatoms. The van der Waals surface area contributed by atoms with E-state index in [1.54, 1.807) is 12.1 Å². The first kappa shape index (κ1) is 20.2. The van der Waals surface area contributed by atoms with Crippen LogP contribution in [-0.2, 0) is 21.5 Å². The van der Waals surface area contributed by atoms with Crippen molar-refractivity contribution < 1.29 is 9.53 Å². The summed E-state index contributed by atoms with van der Waals surface area (Å²) in [6, 6.07) is 13.4. The van der Waals surface area contributed by atoms with Crippen molar-refractivity contribution in [1.82, 2.24) is 14.9 Å². The second-order valence-corrected chi connectivity index (χ2v) is 8.22. The number of halogens is 2. The molecule has 1 fully saturated rings. The number of fused-ring (bicyclic) bond motifs is 1. The van der Waals surface area contributed by atoms with Gasteiger partial charge in [-0.1, -0.05) is 41.4 Å². The lowest BCUT2D eigenvalue weighted by molar-refractivity contribution is -0.130. The number of hydrogen-bond donors (Lipinski definition) is 1. The normalized spacial score (nSPS) is 16.1. The number of ether oxygens (including phenoxy) is 1. The number of nitrogens with one attached hydrogen (secondary N) is 1. The molecule has 0 bridgehead atoms. The molecule has 0 radical (unpaired) electrons. The number of carbonyl (C=O) groups excluding carboxylic acids is 1. The van der Waals surface area contributed by atoms with Gasteiger partial charge in [-0.25, -0.2) is 4.98 Å². The van der Waals surface area contributed by atoms with E-state index in [2.05, 4.69) is 14.9 Å². The molecule has 1 aromatic heterocycles. The minimum atomic E-state index is -0.702. The number of nitrogens with zero attached hydrogens (tertiary/aromatic N) is 2. The zero-order chi connectivity index (χ0) is 20.4. The lowest BCUT2D eigenvalue weighted by Crippen LogP contribution is -2.48. The highest BCUT2D eigenvalue weighted by Gasteiger charge is 2.42. The van der Waals surface area contributed by atoms with Crippen molar-refractivity contribution in [3.8, 4) is 0 Å². The number of para-hydroxylation sites is 2. The van der Waals surface area contributed by atoms with E-state index in [0.717, 1.165) is 22.4 Å². The maximum atomic E-state index is 13.4. The summed E-state index contributed by atoms with van der Waals surface area (Å²) >= 11 is 12.5. The molecule has 29 heavy (non-hydrogen) atoms. The fourth-order valence-corrected chi connectivity index (χ4v) is 4.73.